The van der Waals surface area contributed by atoms with E-state index in [0.717, 1.165) is 25.9 Å². The van der Waals surface area contributed by atoms with Gasteiger partial charge in [0, 0.05) is 11.5 Å². The van der Waals surface area contributed by atoms with Crippen molar-refractivity contribution in [3.63, 3.8) is 0 Å². The molecule has 0 bridgehead atoms. The maximum Gasteiger partial charge on any atom is 0.166 e. The smallest absolute Gasteiger partial charge is 0.166 e. The molecule has 6 nitrogen and oxygen atoms in total. The van der Waals surface area contributed by atoms with Gasteiger partial charge in [0.15, 0.2) is 17.3 Å². The molecule has 1 aliphatic heterocycles. The van der Waals surface area contributed by atoms with Gasteiger partial charge in [-0.25, -0.2) is 14.4 Å². The Hall–Kier alpha value is -1.77. The lowest BCUT2D eigenvalue weighted by Crippen LogP contribution is -2.34. The fraction of sp³-hybridized carbons (Fsp3) is 0.300. The highest BCUT2D eigenvalue weighted by Gasteiger charge is 2.19. The lowest BCUT2D eigenvalue weighted by molar-refractivity contribution is 0.157. The molecule has 0 spiro atoms. The van der Waals surface area contributed by atoms with Gasteiger partial charge in [0.05, 0.1) is 28.4 Å². The number of rotatable bonds is 5. The molecule has 0 unspecified atom stereocenters. The quantitative estimate of drug-likeness (QED) is 0.423. The maximum atomic E-state index is 14.5. The van der Waals surface area contributed by atoms with Crippen molar-refractivity contribution in [2.24, 2.45) is 0 Å². The van der Waals surface area contributed by atoms with Gasteiger partial charge in [-0.15, -0.1) is 24.8 Å². The van der Waals surface area contributed by atoms with E-state index in [-0.39, 0.29) is 46.7 Å². The summed E-state index contributed by atoms with van der Waals surface area (Å²) in [5.41, 5.74) is 0.800. The van der Waals surface area contributed by atoms with Crippen LogP contribution in [0.5, 0.6) is 11.5 Å². The van der Waals surface area contributed by atoms with Gasteiger partial charge in [0.2, 0.25) is 0 Å². The standard InChI is InChI=1S/C20H19Cl2FN4O2.2ClH/c1-28-16-9-15-12(8-17(16)29-11-4-6-24-7-5-11)20(26-10-25-15)27-14-3-2-13(21)18(22)19(14)23;;/h2-3,8-11,24H,4-7H2,1H3,(H,25,26,27);2*1H. The van der Waals surface area contributed by atoms with Crippen LogP contribution in [-0.2, 0) is 0 Å². The number of hydrogen-bond donors (Lipinski definition) is 2. The van der Waals surface area contributed by atoms with E-state index in [1.54, 1.807) is 13.2 Å². The highest BCUT2D eigenvalue weighted by Crippen LogP contribution is 2.37. The topological polar surface area (TPSA) is 68.3 Å². The number of anilines is 2. The van der Waals surface area contributed by atoms with Crippen LogP contribution < -0.4 is 20.1 Å². The molecule has 0 saturated carbocycles. The second-order valence-electron chi connectivity index (χ2n) is 6.66. The van der Waals surface area contributed by atoms with E-state index in [1.807, 2.05) is 6.07 Å². The van der Waals surface area contributed by atoms with Crippen LogP contribution in [0.15, 0.2) is 30.6 Å². The summed E-state index contributed by atoms with van der Waals surface area (Å²) >= 11 is 11.8. The summed E-state index contributed by atoms with van der Waals surface area (Å²) in [5, 5.41) is 6.95. The van der Waals surface area contributed by atoms with E-state index >= 15 is 0 Å². The van der Waals surface area contributed by atoms with Gasteiger partial charge in [-0.1, -0.05) is 23.2 Å². The normalized spacial score (nSPS) is 13.8. The van der Waals surface area contributed by atoms with Crippen molar-refractivity contribution in [2.45, 2.75) is 18.9 Å². The summed E-state index contributed by atoms with van der Waals surface area (Å²) < 4.78 is 26.2. The van der Waals surface area contributed by atoms with E-state index in [0.29, 0.717) is 28.2 Å². The Morgan fingerprint density at radius 3 is 2.55 bits per heavy atom. The molecular formula is C20H21Cl4FN4O2. The third kappa shape index (κ3) is 5.54. The molecule has 0 amide bonds. The molecular weight excluding hydrogens is 489 g/mol. The zero-order valence-electron chi connectivity index (χ0n) is 16.5. The molecule has 1 fully saturated rings. The fourth-order valence-corrected chi connectivity index (χ4v) is 3.57. The van der Waals surface area contributed by atoms with Crippen LogP contribution in [0.4, 0.5) is 15.9 Å². The van der Waals surface area contributed by atoms with Gasteiger partial charge in [0.1, 0.15) is 18.2 Å². The molecule has 168 valence electrons. The highest BCUT2D eigenvalue weighted by molar-refractivity contribution is 6.42. The number of ether oxygens (including phenoxy) is 2. The Morgan fingerprint density at radius 1 is 1.10 bits per heavy atom. The first-order valence-electron chi connectivity index (χ1n) is 9.17. The number of halogens is 5. The minimum atomic E-state index is -0.648. The van der Waals surface area contributed by atoms with E-state index in [9.17, 15) is 4.39 Å². The number of fused-ring (bicyclic) bond motifs is 1. The number of aromatic nitrogens is 2. The van der Waals surface area contributed by atoms with E-state index in [2.05, 4.69) is 20.6 Å². The number of piperidine rings is 1. The van der Waals surface area contributed by atoms with Crippen molar-refractivity contribution >= 4 is 70.4 Å². The van der Waals surface area contributed by atoms with Crippen LogP contribution >= 0.6 is 48.0 Å². The fourth-order valence-electron chi connectivity index (χ4n) is 3.26. The zero-order chi connectivity index (χ0) is 20.4. The molecule has 1 aromatic heterocycles. The van der Waals surface area contributed by atoms with Crippen LogP contribution in [0, 0.1) is 5.82 Å². The summed E-state index contributed by atoms with van der Waals surface area (Å²) in [7, 11) is 1.59. The van der Waals surface area contributed by atoms with Crippen LogP contribution in [-0.4, -0.2) is 36.3 Å². The van der Waals surface area contributed by atoms with Gasteiger partial charge in [0.25, 0.3) is 0 Å². The molecule has 2 aromatic carbocycles. The first kappa shape index (κ1) is 25.5. The van der Waals surface area contributed by atoms with Gasteiger partial charge < -0.3 is 20.1 Å². The Kier molecular flexibility index (Phi) is 9.21. The molecule has 0 aliphatic carbocycles. The van der Waals surface area contributed by atoms with Gasteiger partial charge in [-0.2, -0.15) is 0 Å². The van der Waals surface area contributed by atoms with Gasteiger partial charge in [-0.05, 0) is 44.1 Å². The van der Waals surface area contributed by atoms with E-state index in [1.165, 1.54) is 18.5 Å². The predicted molar refractivity (Wildman–Crippen MR) is 127 cm³/mol. The lowest BCUT2D eigenvalue weighted by atomic mass is 10.1. The number of hydrogen-bond acceptors (Lipinski definition) is 6. The predicted octanol–water partition coefficient (Wildman–Crippen LogP) is 5.80. The lowest BCUT2D eigenvalue weighted by Gasteiger charge is -2.25. The summed E-state index contributed by atoms with van der Waals surface area (Å²) in [4.78, 5) is 8.56. The average molecular weight is 510 g/mol. The first-order chi connectivity index (χ1) is 14.1. The summed E-state index contributed by atoms with van der Waals surface area (Å²) in [5.74, 6) is 0.955. The number of nitrogens with one attached hydrogen (secondary N) is 2. The third-order valence-corrected chi connectivity index (χ3v) is 5.57. The Balaban J connectivity index is 0.00000171. The maximum absolute atomic E-state index is 14.5. The molecule has 1 aliphatic rings. The van der Waals surface area contributed by atoms with Crippen molar-refractivity contribution in [1.82, 2.24) is 15.3 Å². The van der Waals surface area contributed by atoms with Crippen LogP contribution in [0.2, 0.25) is 10.0 Å². The van der Waals surface area contributed by atoms with Crippen LogP contribution in [0.25, 0.3) is 10.9 Å². The van der Waals surface area contributed by atoms with Crippen molar-refractivity contribution in [1.29, 1.82) is 0 Å². The molecule has 4 rings (SSSR count). The second kappa shape index (κ2) is 11.2. The number of methoxy groups -OCH3 is 1. The first-order valence-corrected chi connectivity index (χ1v) is 9.93. The molecule has 2 N–H and O–H groups in total. The van der Waals surface area contributed by atoms with Crippen LogP contribution in [0.1, 0.15) is 12.8 Å². The average Bonchev–Trinajstić information content (AvgIpc) is 2.74. The molecule has 31 heavy (non-hydrogen) atoms. The van der Waals surface area contributed by atoms with E-state index in [4.69, 9.17) is 32.7 Å². The molecule has 1 saturated heterocycles. The van der Waals surface area contributed by atoms with Gasteiger partial charge in [-0.3, -0.25) is 0 Å². The Morgan fingerprint density at radius 2 is 1.84 bits per heavy atom. The molecule has 3 aromatic rings. The highest BCUT2D eigenvalue weighted by atomic mass is 35.5. The van der Waals surface area contributed by atoms with Crippen molar-refractivity contribution in [3.8, 4) is 11.5 Å². The minimum Gasteiger partial charge on any atom is -0.493 e. The van der Waals surface area contributed by atoms with Crippen molar-refractivity contribution in [2.75, 3.05) is 25.5 Å². The largest absolute Gasteiger partial charge is 0.493 e. The molecule has 0 atom stereocenters. The van der Waals surface area contributed by atoms with Crippen LogP contribution in [0.3, 0.4) is 0 Å². The molecule has 0 radical (unpaired) electrons. The minimum absolute atomic E-state index is 0. The monoisotopic (exact) mass is 508 g/mol. The molecule has 11 heteroatoms. The number of nitrogens with zero attached hydrogens (tertiary/aromatic N) is 2. The van der Waals surface area contributed by atoms with E-state index < -0.39 is 5.82 Å². The van der Waals surface area contributed by atoms with Gasteiger partial charge >= 0.3 is 0 Å². The van der Waals surface area contributed by atoms with Crippen molar-refractivity contribution < 1.29 is 13.9 Å². The number of benzene rings is 2. The van der Waals surface area contributed by atoms with Crippen molar-refractivity contribution in [3.05, 3.63) is 46.5 Å². The summed E-state index contributed by atoms with van der Waals surface area (Å²) in [6.07, 6.45) is 3.31. The SMILES string of the molecule is COc1cc2ncnc(Nc3ccc(Cl)c(Cl)c3F)c2cc1OC1CCNCC1.Cl.Cl. The Labute approximate surface area is 201 Å². The molecule has 2 heterocycles. The second-order valence-corrected chi connectivity index (χ2v) is 7.44. The summed E-state index contributed by atoms with van der Waals surface area (Å²) in [6.45, 7) is 1.82. The Bertz CT molecular complexity index is 1050. The third-order valence-electron chi connectivity index (χ3n) is 4.79. The summed E-state index contributed by atoms with van der Waals surface area (Å²) in [6, 6.07) is 6.62. The zero-order valence-corrected chi connectivity index (χ0v) is 19.6.